The fourth-order valence-corrected chi connectivity index (χ4v) is 2.07. The fourth-order valence-electron chi connectivity index (χ4n) is 1.13. The van der Waals surface area contributed by atoms with Gasteiger partial charge in [-0.1, -0.05) is 43.7 Å². The Bertz CT molecular complexity index is 349. The topological polar surface area (TPSA) is 23.8 Å². The SMILES string of the molecule is CCCCS/C(C#N)=C\c1ccccc1. The molecule has 0 aliphatic heterocycles. The van der Waals surface area contributed by atoms with Crippen LogP contribution in [0.5, 0.6) is 0 Å². The highest BCUT2D eigenvalue weighted by atomic mass is 32.2. The number of benzene rings is 1. The maximum absolute atomic E-state index is 8.95. The van der Waals surface area contributed by atoms with Crippen molar-refractivity contribution >= 4 is 17.8 Å². The molecule has 0 radical (unpaired) electrons. The molecule has 2 heteroatoms. The molecule has 0 amide bonds. The number of nitrogens with zero attached hydrogens (tertiary/aromatic N) is 1. The van der Waals surface area contributed by atoms with Gasteiger partial charge in [-0.25, -0.2) is 0 Å². The van der Waals surface area contributed by atoms with Gasteiger partial charge in [-0.15, -0.1) is 11.8 Å². The minimum absolute atomic E-state index is 0.801. The molecule has 0 aliphatic rings. The molecule has 0 heterocycles. The molecule has 1 rings (SSSR count). The molecular weight excluding hydrogens is 202 g/mol. The maximum atomic E-state index is 8.95. The van der Waals surface area contributed by atoms with E-state index in [1.54, 1.807) is 11.8 Å². The molecule has 0 spiro atoms. The lowest BCUT2D eigenvalue weighted by Gasteiger charge is -1.98. The summed E-state index contributed by atoms with van der Waals surface area (Å²) in [5.41, 5.74) is 1.10. The summed E-state index contributed by atoms with van der Waals surface area (Å²) in [4.78, 5) is 0.801. The van der Waals surface area contributed by atoms with Gasteiger partial charge in [0.15, 0.2) is 0 Å². The molecule has 78 valence electrons. The van der Waals surface area contributed by atoms with Gasteiger partial charge in [-0.2, -0.15) is 5.26 Å². The van der Waals surface area contributed by atoms with Crippen molar-refractivity contribution in [2.45, 2.75) is 19.8 Å². The summed E-state index contributed by atoms with van der Waals surface area (Å²) in [5.74, 6) is 1.03. The molecule has 0 saturated carbocycles. The first kappa shape index (κ1) is 11.9. The molecule has 15 heavy (non-hydrogen) atoms. The molecule has 0 aliphatic carbocycles. The predicted octanol–water partition coefficient (Wildman–Crippen LogP) is 4.08. The monoisotopic (exact) mass is 217 g/mol. The van der Waals surface area contributed by atoms with Crippen molar-refractivity contribution in [2.24, 2.45) is 0 Å². The van der Waals surface area contributed by atoms with E-state index in [-0.39, 0.29) is 0 Å². The lowest BCUT2D eigenvalue weighted by molar-refractivity contribution is 0.897. The summed E-state index contributed by atoms with van der Waals surface area (Å²) in [5, 5.41) is 8.95. The van der Waals surface area contributed by atoms with Crippen LogP contribution in [-0.2, 0) is 0 Å². The van der Waals surface area contributed by atoms with Crippen LogP contribution in [0.1, 0.15) is 25.3 Å². The standard InChI is InChI=1S/C13H15NS/c1-2-3-9-15-13(11-14)10-12-7-5-4-6-8-12/h4-8,10H,2-3,9H2,1H3/b13-10-. The van der Waals surface area contributed by atoms with Crippen LogP contribution in [0.15, 0.2) is 35.2 Å². The summed E-state index contributed by atoms with van der Waals surface area (Å²) in [7, 11) is 0. The Kier molecular flexibility index (Phi) is 5.65. The molecule has 0 saturated heterocycles. The zero-order valence-corrected chi connectivity index (χ0v) is 9.76. The lowest BCUT2D eigenvalue weighted by atomic mass is 10.2. The summed E-state index contributed by atoms with van der Waals surface area (Å²) >= 11 is 1.64. The number of unbranched alkanes of at least 4 members (excludes halogenated alkanes) is 1. The Morgan fingerprint density at radius 2 is 2.13 bits per heavy atom. The Balaban J connectivity index is 2.59. The van der Waals surface area contributed by atoms with Crippen LogP contribution in [-0.4, -0.2) is 5.75 Å². The molecule has 1 aromatic rings. The average molecular weight is 217 g/mol. The quantitative estimate of drug-likeness (QED) is 0.548. The summed E-state index contributed by atoms with van der Waals surface area (Å²) in [6, 6.07) is 12.2. The third-order valence-corrected chi connectivity index (χ3v) is 2.98. The van der Waals surface area contributed by atoms with Crippen LogP contribution in [0.25, 0.3) is 6.08 Å². The first-order chi connectivity index (χ1) is 7.36. The third-order valence-electron chi connectivity index (χ3n) is 1.96. The van der Waals surface area contributed by atoms with E-state index < -0.39 is 0 Å². The van der Waals surface area contributed by atoms with Crippen molar-refractivity contribution in [2.75, 3.05) is 5.75 Å². The zero-order chi connectivity index (χ0) is 10.9. The van der Waals surface area contributed by atoms with E-state index >= 15 is 0 Å². The van der Waals surface area contributed by atoms with E-state index in [1.165, 1.54) is 12.8 Å². The van der Waals surface area contributed by atoms with Gasteiger partial charge in [0.1, 0.15) is 6.07 Å². The van der Waals surface area contributed by atoms with Gasteiger partial charge in [0, 0.05) is 0 Å². The normalized spacial score (nSPS) is 11.1. The van der Waals surface area contributed by atoms with Gasteiger partial charge < -0.3 is 0 Å². The molecular formula is C13H15NS. The smallest absolute Gasteiger partial charge is 0.106 e. The predicted molar refractivity (Wildman–Crippen MR) is 67.4 cm³/mol. The second kappa shape index (κ2) is 7.14. The minimum Gasteiger partial charge on any atom is -0.192 e. The highest BCUT2D eigenvalue weighted by Gasteiger charge is 1.96. The van der Waals surface area contributed by atoms with Crippen molar-refractivity contribution in [3.05, 3.63) is 40.8 Å². The minimum atomic E-state index is 0.801. The van der Waals surface area contributed by atoms with E-state index in [9.17, 15) is 0 Å². The van der Waals surface area contributed by atoms with Crippen molar-refractivity contribution in [3.63, 3.8) is 0 Å². The van der Waals surface area contributed by atoms with Crippen molar-refractivity contribution < 1.29 is 0 Å². The van der Waals surface area contributed by atoms with E-state index in [4.69, 9.17) is 5.26 Å². The van der Waals surface area contributed by atoms with Crippen molar-refractivity contribution in [3.8, 4) is 6.07 Å². The van der Waals surface area contributed by atoms with Gasteiger partial charge in [0.2, 0.25) is 0 Å². The maximum Gasteiger partial charge on any atom is 0.106 e. The molecule has 0 atom stereocenters. The Morgan fingerprint density at radius 1 is 1.40 bits per heavy atom. The Hall–Kier alpha value is -1.20. The summed E-state index contributed by atoms with van der Waals surface area (Å²) < 4.78 is 0. The Morgan fingerprint density at radius 3 is 2.73 bits per heavy atom. The number of hydrogen-bond acceptors (Lipinski definition) is 2. The largest absolute Gasteiger partial charge is 0.192 e. The van der Waals surface area contributed by atoms with E-state index in [0.717, 1.165) is 16.2 Å². The molecule has 1 nitrogen and oxygen atoms in total. The van der Waals surface area contributed by atoms with E-state index in [1.807, 2.05) is 36.4 Å². The van der Waals surface area contributed by atoms with Crippen molar-refractivity contribution in [1.29, 1.82) is 5.26 Å². The van der Waals surface area contributed by atoms with E-state index in [2.05, 4.69) is 13.0 Å². The summed E-state index contributed by atoms with van der Waals surface area (Å²) in [6.45, 7) is 2.16. The van der Waals surface area contributed by atoms with Crippen LogP contribution >= 0.6 is 11.8 Å². The number of thioether (sulfide) groups is 1. The lowest BCUT2D eigenvalue weighted by Crippen LogP contribution is -1.79. The van der Waals surface area contributed by atoms with Gasteiger partial charge in [-0.05, 0) is 23.8 Å². The molecule has 0 fully saturated rings. The number of allylic oxidation sites excluding steroid dienone is 1. The first-order valence-corrected chi connectivity index (χ1v) is 6.15. The molecule has 0 bridgehead atoms. The molecule has 1 aromatic carbocycles. The number of rotatable bonds is 5. The number of hydrogen-bond donors (Lipinski definition) is 0. The van der Waals surface area contributed by atoms with Crippen LogP contribution in [0.3, 0.4) is 0 Å². The highest BCUT2D eigenvalue weighted by molar-refractivity contribution is 8.03. The zero-order valence-electron chi connectivity index (χ0n) is 8.94. The van der Waals surface area contributed by atoms with Crippen LogP contribution in [0.2, 0.25) is 0 Å². The van der Waals surface area contributed by atoms with Gasteiger partial charge in [0.05, 0.1) is 4.91 Å². The molecule has 0 N–H and O–H groups in total. The van der Waals surface area contributed by atoms with Crippen LogP contribution < -0.4 is 0 Å². The third kappa shape index (κ3) is 4.71. The van der Waals surface area contributed by atoms with Crippen LogP contribution in [0, 0.1) is 11.3 Å². The second-order valence-corrected chi connectivity index (χ2v) is 4.37. The molecule has 0 aromatic heterocycles. The van der Waals surface area contributed by atoms with Gasteiger partial charge in [-0.3, -0.25) is 0 Å². The fraction of sp³-hybridized carbons (Fsp3) is 0.308. The van der Waals surface area contributed by atoms with Crippen molar-refractivity contribution in [1.82, 2.24) is 0 Å². The first-order valence-electron chi connectivity index (χ1n) is 5.16. The van der Waals surface area contributed by atoms with E-state index in [0.29, 0.717) is 0 Å². The average Bonchev–Trinajstić information content (AvgIpc) is 2.29. The number of nitriles is 1. The van der Waals surface area contributed by atoms with Gasteiger partial charge in [0.25, 0.3) is 0 Å². The van der Waals surface area contributed by atoms with Crippen LogP contribution in [0.4, 0.5) is 0 Å². The Labute approximate surface area is 95.8 Å². The highest BCUT2D eigenvalue weighted by Crippen LogP contribution is 2.19. The molecule has 0 unspecified atom stereocenters. The summed E-state index contributed by atoms with van der Waals surface area (Å²) in [6.07, 6.45) is 4.29. The second-order valence-electron chi connectivity index (χ2n) is 3.23. The van der Waals surface area contributed by atoms with Gasteiger partial charge >= 0.3 is 0 Å².